The summed E-state index contributed by atoms with van der Waals surface area (Å²) in [6.07, 6.45) is 10.4. The van der Waals surface area contributed by atoms with E-state index < -0.39 is 0 Å². The number of benzene rings is 1. The summed E-state index contributed by atoms with van der Waals surface area (Å²) in [5, 5.41) is 10.6. The van der Waals surface area contributed by atoms with Crippen molar-refractivity contribution in [2.24, 2.45) is 17.3 Å². The summed E-state index contributed by atoms with van der Waals surface area (Å²) in [5.74, 6) is 3.01. The zero-order chi connectivity index (χ0) is 14.6. The van der Waals surface area contributed by atoms with Crippen LogP contribution in [0.25, 0.3) is 0 Å². The quantitative estimate of drug-likeness (QED) is 0.789. The van der Waals surface area contributed by atoms with Crippen molar-refractivity contribution >= 4 is 11.8 Å². The van der Waals surface area contributed by atoms with E-state index in [4.69, 9.17) is 0 Å². The minimum atomic E-state index is 0.441. The van der Waals surface area contributed by atoms with Crippen LogP contribution >= 0.6 is 11.8 Å². The Kier molecular flexibility index (Phi) is 3.29. The Morgan fingerprint density at radius 2 is 2.05 bits per heavy atom. The summed E-state index contributed by atoms with van der Waals surface area (Å²) < 4.78 is 0. The van der Waals surface area contributed by atoms with Gasteiger partial charge in [-0.05, 0) is 91.2 Å². The van der Waals surface area contributed by atoms with Gasteiger partial charge < -0.3 is 5.11 Å². The van der Waals surface area contributed by atoms with Crippen LogP contribution in [0.2, 0.25) is 0 Å². The van der Waals surface area contributed by atoms with Gasteiger partial charge in [-0.2, -0.15) is 11.8 Å². The van der Waals surface area contributed by atoms with Gasteiger partial charge in [0.05, 0.1) is 0 Å². The van der Waals surface area contributed by atoms with Crippen molar-refractivity contribution in [2.45, 2.75) is 56.6 Å². The molecule has 0 heterocycles. The number of fused-ring (bicyclic) bond motifs is 5. The number of phenolic OH excluding ortho intramolecular Hbond substituents is 1. The van der Waals surface area contributed by atoms with Crippen LogP contribution in [0.3, 0.4) is 0 Å². The van der Waals surface area contributed by atoms with Gasteiger partial charge in [-0.3, -0.25) is 0 Å². The van der Waals surface area contributed by atoms with Crippen LogP contribution in [0.1, 0.15) is 56.1 Å². The summed E-state index contributed by atoms with van der Waals surface area (Å²) in [6.45, 7) is 2.58. The maximum absolute atomic E-state index is 9.74. The van der Waals surface area contributed by atoms with E-state index in [1.54, 1.807) is 5.56 Å². The summed E-state index contributed by atoms with van der Waals surface area (Å²) in [5.41, 5.74) is 3.55. The lowest BCUT2D eigenvalue weighted by molar-refractivity contribution is 0.0631. The lowest BCUT2D eigenvalue weighted by Crippen LogP contribution is -2.43. The number of rotatable bonds is 1. The normalized spacial score (nSPS) is 41.2. The molecule has 2 heteroatoms. The van der Waals surface area contributed by atoms with Gasteiger partial charge in [-0.25, -0.2) is 0 Å². The highest BCUT2D eigenvalue weighted by Crippen LogP contribution is 2.62. The van der Waals surface area contributed by atoms with Gasteiger partial charge in [0, 0.05) is 5.25 Å². The topological polar surface area (TPSA) is 20.2 Å². The van der Waals surface area contributed by atoms with E-state index in [-0.39, 0.29) is 0 Å². The Labute approximate surface area is 132 Å². The largest absolute Gasteiger partial charge is 0.508 e. The number of hydrogen-bond donors (Lipinski definition) is 1. The first-order valence-electron chi connectivity index (χ1n) is 8.48. The van der Waals surface area contributed by atoms with Crippen molar-refractivity contribution < 1.29 is 5.11 Å². The third-order valence-electron chi connectivity index (χ3n) is 6.91. The van der Waals surface area contributed by atoms with Crippen LogP contribution in [0.15, 0.2) is 18.2 Å². The minimum absolute atomic E-state index is 0.441. The zero-order valence-electron chi connectivity index (χ0n) is 13.1. The molecule has 0 aliphatic heterocycles. The molecule has 2 saturated carbocycles. The average Bonchev–Trinajstić information content (AvgIpc) is 2.83. The standard InChI is InChI=1S/C19H26OS/c1-19-10-9-15-14-6-4-13(20)11-12(14)3-5-16(15)17(19)7-8-18(19)21-2/h4,6,11,15-18,20H,3,5,7-10H2,1-2H3/t15-,16-,17+,18?,19+/m1/s1. The second-order valence-electron chi connectivity index (χ2n) is 7.64. The molecule has 0 bridgehead atoms. The Hall–Kier alpha value is -0.630. The van der Waals surface area contributed by atoms with E-state index in [9.17, 15) is 5.11 Å². The molecule has 3 aliphatic rings. The predicted octanol–water partition coefficient (Wildman–Crippen LogP) is 4.98. The van der Waals surface area contributed by atoms with Crippen molar-refractivity contribution in [1.29, 1.82) is 0 Å². The molecule has 0 aromatic heterocycles. The van der Waals surface area contributed by atoms with Gasteiger partial charge in [0.2, 0.25) is 0 Å². The van der Waals surface area contributed by atoms with E-state index in [0.717, 1.165) is 23.0 Å². The fourth-order valence-corrected chi connectivity index (χ4v) is 7.11. The lowest BCUT2D eigenvalue weighted by Gasteiger charge is -2.50. The summed E-state index contributed by atoms with van der Waals surface area (Å²) in [4.78, 5) is 0. The molecule has 1 aromatic carbocycles. The van der Waals surface area contributed by atoms with Crippen molar-refractivity contribution in [3.63, 3.8) is 0 Å². The molecule has 3 aliphatic carbocycles. The second kappa shape index (κ2) is 4.94. The minimum Gasteiger partial charge on any atom is -0.508 e. The monoisotopic (exact) mass is 302 g/mol. The van der Waals surface area contributed by atoms with E-state index in [2.05, 4.69) is 31.0 Å². The number of aryl methyl sites for hydroxylation is 1. The number of thioether (sulfide) groups is 1. The number of aromatic hydroxyl groups is 1. The molecule has 5 atom stereocenters. The molecular weight excluding hydrogens is 276 g/mol. The molecule has 2 fully saturated rings. The van der Waals surface area contributed by atoms with Crippen molar-refractivity contribution in [1.82, 2.24) is 0 Å². The first-order valence-corrected chi connectivity index (χ1v) is 9.77. The highest BCUT2D eigenvalue weighted by molar-refractivity contribution is 7.99. The van der Waals surface area contributed by atoms with Crippen molar-refractivity contribution in [2.75, 3.05) is 6.26 Å². The maximum Gasteiger partial charge on any atom is 0.115 e. The molecular formula is C19H26OS. The molecule has 1 unspecified atom stereocenters. The van der Waals surface area contributed by atoms with Crippen LogP contribution < -0.4 is 0 Å². The van der Waals surface area contributed by atoms with E-state index in [1.807, 2.05) is 12.1 Å². The van der Waals surface area contributed by atoms with E-state index in [0.29, 0.717) is 11.2 Å². The summed E-state index contributed by atoms with van der Waals surface area (Å²) in [7, 11) is 0. The second-order valence-corrected chi connectivity index (χ2v) is 8.69. The van der Waals surface area contributed by atoms with Gasteiger partial charge >= 0.3 is 0 Å². The Bertz CT molecular complexity index is 554. The fraction of sp³-hybridized carbons (Fsp3) is 0.684. The molecule has 1 N–H and O–H groups in total. The van der Waals surface area contributed by atoms with Crippen LogP contribution in [-0.2, 0) is 6.42 Å². The molecule has 21 heavy (non-hydrogen) atoms. The van der Waals surface area contributed by atoms with Crippen LogP contribution in [0, 0.1) is 17.3 Å². The molecule has 0 radical (unpaired) electrons. The Balaban J connectivity index is 1.68. The first kappa shape index (κ1) is 14.0. The molecule has 1 nitrogen and oxygen atoms in total. The van der Waals surface area contributed by atoms with Crippen LogP contribution in [0.5, 0.6) is 5.75 Å². The molecule has 114 valence electrons. The van der Waals surface area contributed by atoms with Gasteiger partial charge in [0.1, 0.15) is 5.75 Å². The van der Waals surface area contributed by atoms with Crippen molar-refractivity contribution in [3.05, 3.63) is 29.3 Å². The molecule has 0 spiro atoms. The molecule has 1 aromatic rings. The lowest BCUT2D eigenvalue weighted by atomic mass is 9.56. The predicted molar refractivity (Wildman–Crippen MR) is 90.0 cm³/mol. The SMILES string of the molecule is CSC1CC[C@H]2[C@@H]3CCc4cc(O)ccc4[C@H]3CC[C@]12C. The van der Waals surface area contributed by atoms with Crippen LogP contribution in [0.4, 0.5) is 0 Å². The number of hydrogen-bond acceptors (Lipinski definition) is 2. The van der Waals surface area contributed by atoms with Gasteiger partial charge in [-0.15, -0.1) is 0 Å². The van der Waals surface area contributed by atoms with Gasteiger partial charge in [0.25, 0.3) is 0 Å². The maximum atomic E-state index is 9.74. The Morgan fingerprint density at radius 3 is 2.86 bits per heavy atom. The molecule has 4 rings (SSSR count). The fourth-order valence-electron chi connectivity index (χ4n) is 5.91. The molecule has 0 amide bonds. The smallest absolute Gasteiger partial charge is 0.115 e. The van der Waals surface area contributed by atoms with Crippen molar-refractivity contribution in [3.8, 4) is 5.75 Å². The summed E-state index contributed by atoms with van der Waals surface area (Å²) >= 11 is 2.11. The van der Waals surface area contributed by atoms with E-state index >= 15 is 0 Å². The third kappa shape index (κ3) is 1.98. The zero-order valence-corrected chi connectivity index (χ0v) is 14.0. The highest BCUT2D eigenvalue weighted by Gasteiger charge is 2.54. The summed E-state index contributed by atoms with van der Waals surface area (Å²) in [6, 6.07) is 6.12. The average molecular weight is 302 g/mol. The third-order valence-corrected chi connectivity index (χ3v) is 8.25. The van der Waals surface area contributed by atoms with Gasteiger partial charge in [-0.1, -0.05) is 13.0 Å². The highest BCUT2D eigenvalue weighted by atomic mass is 32.2. The van der Waals surface area contributed by atoms with E-state index in [1.165, 1.54) is 44.1 Å². The van der Waals surface area contributed by atoms with Crippen LogP contribution in [-0.4, -0.2) is 16.6 Å². The molecule has 0 saturated heterocycles. The first-order chi connectivity index (χ1) is 10.1. The van der Waals surface area contributed by atoms with Gasteiger partial charge in [0.15, 0.2) is 0 Å². The number of phenols is 1. The Morgan fingerprint density at radius 1 is 1.19 bits per heavy atom.